The third kappa shape index (κ3) is 4.64. The average Bonchev–Trinajstić information content (AvgIpc) is 2.35. The molecule has 0 aliphatic heterocycles. The van der Waals surface area contributed by atoms with Gasteiger partial charge in [0.15, 0.2) is 0 Å². The van der Waals surface area contributed by atoms with Gasteiger partial charge in [0.2, 0.25) is 0 Å². The highest BCUT2D eigenvalue weighted by Gasteiger charge is 2.27. The summed E-state index contributed by atoms with van der Waals surface area (Å²) in [5.41, 5.74) is -0.522. The van der Waals surface area contributed by atoms with Gasteiger partial charge in [-0.2, -0.15) is 11.8 Å². The van der Waals surface area contributed by atoms with Crippen LogP contribution in [-0.2, 0) is 0 Å². The fraction of sp³-hybridized carbons (Fsp3) is 1.00. The Morgan fingerprint density at radius 2 is 1.44 bits per heavy atom. The summed E-state index contributed by atoms with van der Waals surface area (Å²) >= 11 is 1.94. The molecule has 0 amide bonds. The number of hydrogen-bond acceptors (Lipinski definition) is 3. The van der Waals surface area contributed by atoms with Gasteiger partial charge in [-0.1, -0.05) is 27.7 Å². The maximum atomic E-state index is 10.2. The number of nitrogens with one attached hydrogen (secondary N) is 1. The SMILES string of the molecule is CCC(O)(CC)CNCC(CC)(CC)SC. The molecule has 0 bridgehead atoms. The van der Waals surface area contributed by atoms with E-state index < -0.39 is 5.60 Å². The molecule has 0 saturated carbocycles. The van der Waals surface area contributed by atoms with E-state index in [4.69, 9.17) is 0 Å². The molecule has 0 radical (unpaired) electrons. The van der Waals surface area contributed by atoms with Gasteiger partial charge >= 0.3 is 0 Å². The second-order valence-corrected chi connectivity index (χ2v) is 5.90. The van der Waals surface area contributed by atoms with E-state index in [1.54, 1.807) is 0 Å². The third-order valence-corrected chi connectivity index (χ3v) is 5.53. The van der Waals surface area contributed by atoms with Crippen LogP contribution in [0.4, 0.5) is 0 Å². The molecular weight excluding hydrogens is 218 g/mol. The Bertz CT molecular complexity index is 169. The predicted molar refractivity (Wildman–Crippen MR) is 75.2 cm³/mol. The summed E-state index contributed by atoms with van der Waals surface area (Å²) in [4.78, 5) is 0. The van der Waals surface area contributed by atoms with Gasteiger partial charge in [0.05, 0.1) is 5.60 Å². The van der Waals surface area contributed by atoms with Crippen LogP contribution in [-0.4, -0.2) is 34.8 Å². The van der Waals surface area contributed by atoms with Crippen molar-refractivity contribution in [2.45, 2.75) is 63.7 Å². The van der Waals surface area contributed by atoms with Gasteiger partial charge in [0.25, 0.3) is 0 Å². The molecule has 98 valence electrons. The normalized spacial score (nSPS) is 13.1. The summed E-state index contributed by atoms with van der Waals surface area (Å²) in [6, 6.07) is 0. The number of thioether (sulfide) groups is 1. The van der Waals surface area contributed by atoms with Crippen LogP contribution in [0.15, 0.2) is 0 Å². The fourth-order valence-electron chi connectivity index (χ4n) is 1.88. The summed E-state index contributed by atoms with van der Waals surface area (Å²) in [6.45, 7) is 10.3. The quantitative estimate of drug-likeness (QED) is 0.657. The van der Waals surface area contributed by atoms with Crippen molar-refractivity contribution in [3.8, 4) is 0 Å². The molecule has 0 aromatic carbocycles. The number of rotatable bonds is 9. The summed E-state index contributed by atoms with van der Waals surface area (Å²) in [7, 11) is 0. The highest BCUT2D eigenvalue weighted by Crippen LogP contribution is 2.29. The van der Waals surface area contributed by atoms with Crippen molar-refractivity contribution in [3.05, 3.63) is 0 Å². The van der Waals surface area contributed by atoms with Gasteiger partial charge < -0.3 is 10.4 Å². The van der Waals surface area contributed by atoms with Crippen LogP contribution in [0, 0.1) is 0 Å². The van der Waals surface area contributed by atoms with Crippen LogP contribution < -0.4 is 5.32 Å². The Hall–Kier alpha value is 0.270. The van der Waals surface area contributed by atoms with E-state index in [1.165, 1.54) is 12.8 Å². The molecule has 3 heteroatoms. The first-order valence-electron chi connectivity index (χ1n) is 6.49. The molecule has 0 unspecified atom stereocenters. The first kappa shape index (κ1) is 16.3. The van der Waals surface area contributed by atoms with E-state index in [0.29, 0.717) is 11.3 Å². The van der Waals surface area contributed by atoms with Gasteiger partial charge in [-0.05, 0) is 31.9 Å². The lowest BCUT2D eigenvalue weighted by Gasteiger charge is -2.32. The molecule has 0 aromatic rings. The van der Waals surface area contributed by atoms with Crippen molar-refractivity contribution < 1.29 is 5.11 Å². The lowest BCUT2D eigenvalue weighted by atomic mass is 9.96. The van der Waals surface area contributed by atoms with Crippen molar-refractivity contribution in [3.63, 3.8) is 0 Å². The van der Waals surface area contributed by atoms with Crippen LogP contribution >= 0.6 is 11.8 Å². The fourth-order valence-corrected chi connectivity index (χ4v) is 2.71. The molecule has 2 N–H and O–H groups in total. The molecule has 0 rings (SSSR count). The molecule has 0 heterocycles. The van der Waals surface area contributed by atoms with Crippen molar-refractivity contribution >= 4 is 11.8 Å². The molecule has 16 heavy (non-hydrogen) atoms. The van der Waals surface area contributed by atoms with Gasteiger partial charge in [-0.25, -0.2) is 0 Å². The molecule has 0 fully saturated rings. The minimum absolute atomic E-state index is 0.336. The predicted octanol–water partition coefficient (Wildman–Crippen LogP) is 3.05. The van der Waals surface area contributed by atoms with E-state index in [2.05, 4.69) is 25.4 Å². The number of hydrogen-bond donors (Lipinski definition) is 2. The van der Waals surface area contributed by atoms with Crippen LogP contribution in [0.25, 0.3) is 0 Å². The topological polar surface area (TPSA) is 32.3 Å². The zero-order chi connectivity index (χ0) is 12.7. The molecule has 0 aliphatic carbocycles. The molecule has 0 atom stereocenters. The van der Waals surface area contributed by atoms with Crippen molar-refractivity contribution in [1.82, 2.24) is 5.32 Å². The highest BCUT2D eigenvalue weighted by atomic mass is 32.2. The Labute approximate surface area is 106 Å². The standard InChI is InChI=1S/C13H29NOS/c1-6-12(15,7-2)10-14-11-13(8-3,9-4)16-5/h14-15H,6-11H2,1-5H3. The number of aliphatic hydroxyl groups is 1. The summed E-state index contributed by atoms with van der Waals surface area (Å²) in [5, 5.41) is 13.6. The summed E-state index contributed by atoms with van der Waals surface area (Å²) in [6.07, 6.45) is 6.17. The molecule has 0 aromatic heterocycles. The van der Waals surface area contributed by atoms with Crippen molar-refractivity contribution in [1.29, 1.82) is 0 Å². The Kier molecular flexibility index (Phi) is 7.70. The lowest BCUT2D eigenvalue weighted by Crippen LogP contribution is -2.45. The lowest BCUT2D eigenvalue weighted by molar-refractivity contribution is 0.0321. The summed E-state index contributed by atoms with van der Waals surface area (Å²) < 4.78 is 0.336. The maximum absolute atomic E-state index is 10.2. The second-order valence-electron chi connectivity index (χ2n) is 4.63. The Balaban J connectivity index is 4.13. The van der Waals surface area contributed by atoms with Crippen molar-refractivity contribution in [2.75, 3.05) is 19.3 Å². The van der Waals surface area contributed by atoms with Crippen LogP contribution in [0.3, 0.4) is 0 Å². The van der Waals surface area contributed by atoms with Crippen LogP contribution in [0.1, 0.15) is 53.4 Å². The minimum Gasteiger partial charge on any atom is -0.389 e. The van der Waals surface area contributed by atoms with Crippen LogP contribution in [0.2, 0.25) is 0 Å². The molecular formula is C13H29NOS. The zero-order valence-corrected chi connectivity index (χ0v) is 12.4. The Morgan fingerprint density at radius 1 is 0.938 bits per heavy atom. The smallest absolute Gasteiger partial charge is 0.0766 e. The van der Waals surface area contributed by atoms with E-state index in [-0.39, 0.29) is 0 Å². The molecule has 2 nitrogen and oxygen atoms in total. The van der Waals surface area contributed by atoms with E-state index in [1.807, 2.05) is 25.6 Å². The molecule has 0 saturated heterocycles. The van der Waals surface area contributed by atoms with Gasteiger partial charge in [0.1, 0.15) is 0 Å². The van der Waals surface area contributed by atoms with Crippen molar-refractivity contribution in [2.24, 2.45) is 0 Å². The molecule has 0 aliphatic rings. The van der Waals surface area contributed by atoms with Gasteiger partial charge in [-0.15, -0.1) is 0 Å². The van der Waals surface area contributed by atoms with E-state index >= 15 is 0 Å². The van der Waals surface area contributed by atoms with Gasteiger partial charge in [-0.3, -0.25) is 0 Å². The first-order valence-corrected chi connectivity index (χ1v) is 7.72. The monoisotopic (exact) mass is 247 g/mol. The maximum Gasteiger partial charge on any atom is 0.0766 e. The molecule has 0 spiro atoms. The van der Waals surface area contributed by atoms with E-state index in [0.717, 1.165) is 19.4 Å². The van der Waals surface area contributed by atoms with E-state index in [9.17, 15) is 5.11 Å². The third-order valence-electron chi connectivity index (χ3n) is 3.94. The first-order chi connectivity index (χ1) is 7.51. The minimum atomic E-state index is -0.522. The van der Waals surface area contributed by atoms with Gasteiger partial charge in [0, 0.05) is 17.8 Å². The van der Waals surface area contributed by atoms with Crippen LogP contribution in [0.5, 0.6) is 0 Å². The largest absolute Gasteiger partial charge is 0.389 e. The summed E-state index contributed by atoms with van der Waals surface area (Å²) in [5.74, 6) is 0. The Morgan fingerprint density at radius 3 is 1.75 bits per heavy atom. The average molecular weight is 247 g/mol. The second kappa shape index (κ2) is 7.57. The highest BCUT2D eigenvalue weighted by molar-refractivity contribution is 8.00. The zero-order valence-electron chi connectivity index (χ0n) is 11.6.